The van der Waals surface area contributed by atoms with Crippen LogP contribution in [0.5, 0.6) is 0 Å². The van der Waals surface area contributed by atoms with Crippen LogP contribution in [0, 0.1) is 0 Å². The third kappa shape index (κ3) is 2.28. The summed E-state index contributed by atoms with van der Waals surface area (Å²) in [6, 6.07) is 1.97. The van der Waals surface area contributed by atoms with E-state index in [0.29, 0.717) is 25.4 Å². The van der Waals surface area contributed by atoms with Crippen molar-refractivity contribution in [1.82, 2.24) is 4.90 Å². The van der Waals surface area contributed by atoms with E-state index in [9.17, 15) is 9.90 Å². The summed E-state index contributed by atoms with van der Waals surface area (Å²) < 4.78 is 0. The zero-order valence-electron chi connectivity index (χ0n) is 9.64. The molecule has 0 radical (unpaired) electrons. The van der Waals surface area contributed by atoms with E-state index < -0.39 is 0 Å². The molecule has 1 aliphatic rings. The molecule has 1 aromatic heterocycles. The smallest absolute Gasteiger partial charge is 0.254 e. The first-order valence-corrected chi connectivity index (χ1v) is 6.51. The van der Waals surface area contributed by atoms with E-state index in [1.165, 1.54) is 4.88 Å². The zero-order chi connectivity index (χ0) is 11.7. The first-order chi connectivity index (χ1) is 7.58. The average Bonchev–Trinajstić information content (AvgIpc) is 2.84. The van der Waals surface area contributed by atoms with Crippen LogP contribution in [0.4, 0.5) is 0 Å². The maximum atomic E-state index is 12.0. The number of carbonyl (C=O) groups is 1. The van der Waals surface area contributed by atoms with Crippen molar-refractivity contribution in [2.24, 2.45) is 0 Å². The highest BCUT2D eigenvalue weighted by molar-refractivity contribution is 7.10. The lowest BCUT2D eigenvalue weighted by Crippen LogP contribution is -2.29. The van der Waals surface area contributed by atoms with Gasteiger partial charge in [0, 0.05) is 23.3 Å². The molecule has 1 amide bonds. The Labute approximate surface area is 99.7 Å². The largest absolute Gasteiger partial charge is 0.391 e. The third-order valence-corrected chi connectivity index (χ3v) is 4.12. The first kappa shape index (κ1) is 11.6. The lowest BCUT2D eigenvalue weighted by Gasteiger charge is -2.14. The molecule has 1 aromatic rings. The molecular formula is C12H17NO2S. The van der Waals surface area contributed by atoms with Gasteiger partial charge in [-0.2, -0.15) is 0 Å². The fourth-order valence-corrected chi connectivity index (χ4v) is 2.78. The minimum Gasteiger partial charge on any atom is -0.391 e. The minimum atomic E-state index is -0.341. The summed E-state index contributed by atoms with van der Waals surface area (Å²) in [5.41, 5.74) is 0.766. The molecule has 1 aliphatic heterocycles. The van der Waals surface area contributed by atoms with Crippen LogP contribution >= 0.6 is 11.3 Å². The van der Waals surface area contributed by atoms with Gasteiger partial charge in [0.25, 0.3) is 5.91 Å². The Morgan fingerprint density at radius 3 is 2.88 bits per heavy atom. The quantitative estimate of drug-likeness (QED) is 0.858. The third-order valence-electron chi connectivity index (χ3n) is 2.89. The number of aliphatic hydroxyl groups excluding tert-OH is 1. The number of hydrogen-bond donors (Lipinski definition) is 1. The number of likely N-dealkylation sites (tertiary alicyclic amines) is 1. The SMILES string of the molecule is CC(C)c1cc(C(=O)N2CC[C@@H](O)C2)cs1. The van der Waals surface area contributed by atoms with Crippen LogP contribution in [-0.4, -0.2) is 35.1 Å². The van der Waals surface area contributed by atoms with Crippen molar-refractivity contribution >= 4 is 17.2 Å². The van der Waals surface area contributed by atoms with Crippen molar-refractivity contribution < 1.29 is 9.90 Å². The van der Waals surface area contributed by atoms with E-state index in [-0.39, 0.29) is 12.0 Å². The van der Waals surface area contributed by atoms with Crippen LogP contribution in [-0.2, 0) is 0 Å². The Kier molecular flexibility index (Phi) is 3.30. The maximum Gasteiger partial charge on any atom is 0.254 e. The Morgan fingerprint density at radius 1 is 1.62 bits per heavy atom. The van der Waals surface area contributed by atoms with Gasteiger partial charge in [0.15, 0.2) is 0 Å². The van der Waals surface area contributed by atoms with Crippen molar-refractivity contribution in [3.05, 3.63) is 21.9 Å². The molecule has 0 aliphatic carbocycles. The van der Waals surface area contributed by atoms with Crippen LogP contribution in [0.2, 0.25) is 0 Å². The second-order valence-electron chi connectivity index (χ2n) is 4.59. The summed E-state index contributed by atoms with van der Waals surface area (Å²) in [5.74, 6) is 0.524. The van der Waals surface area contributed by atoms with E-state index in [0.717, 1.165) is 5.56 Å². The Morgan fingerprint density at radius 2 is 2.38 bits per heavy atom. The van der Waals surface area contributed by atoms with Crippen molar-refractivity contribution in [2.45, 2.75) is 32.3 Å². The summed E-state index contributed by atoms with van der Waals surface area (Å²) in [6.07, 6.45) is 0.361. The molecule has 16 heavy (non-hydrogen) atoms. The molecule has 1 fully saturated rings. The van der Waals surface area contributed by atoms with Crippen molar-refractivity contribution in [3.8, 4) is 0 Å². The molecule has 0 bridgehead atoms. The molecular weight excluding hydrogens is 222 g/mol. The van der Waals surface area contributed by atoms with Crippen LogP contribution < -0.4 is 0 Å². The van der Waals surface area contributed by atoms with Gasteiger partial charge in [0.05, 0.1) is 11.7 Å². The molecule has 3 nitrogen and oxygen atoms in total. The van der Waals surface area contributed by atoms with Crippen molar-refractivity contribution in [1.29, 1.82) is 0 Å². The van der Waals surface area contributed by atoms with Gasteiger partial charge >= 0.3 is 0 Å². The molecule has 2 rings (SSSR count). The Balaban J connectivity index is 2.09. The summed E-state index contributed by atoms with van der Waals surface area (Å²) in [4.78, 5) is 15.0. The summed E-state index contributed by atoms with van der Waals surface area (Å²) in [7, 11) is 0. The Hall–Kier alpha value is -0.870. The van der Waals surface area contributed by atoms with Crippen LogP contribution in [0.25, 0.3) is 0 Å². The normalized spacial score (nSPS) is 20.8. The van der Waals surface area contributed by atoms with Gasteiger partial charge in [-0.25, -0.2) is 0 Å². The van der Waals surface area contributed by atoms with Crippen LogP contribution in [0.3, 0.4) is 0 Å². The van der Waals surface area contributed by atoms with Crippen LogP contribution in [0.15, 0.2) is 11.4 Å². The van der Waals surface area contributed by atoms with Crippen LogP contribution in [0.1, 0.15) is 41.4 Å². The van der Waals surface area contributed by atoms with Gasteiger partial charge in [0.2, 0.25) is 0 Å². The maximum absolute atomic E-state index is 12.0. The Bertz CT molecular complexity index is 386. The van der Waals surface area contributed by atoms with E-state index in [2.05, 4.69) is 13.8 Å². The van der Waals surface area contributed by atoms with Gasteiger partial charge in [0.1, 0.15) is 0 Å². The second-order valence-corrected chi connectivity index (χ2v) is 5.53. The van der Waals surface area contributed by atoms with E-state index >= 15 is 0 Å². The lowest BCUT2D eigenvalue weighted by atomic mass is 10.1. The highest BCUT2D eigenvalue weighted by Crippen LogP contribution is 2.24. The monoisotopic (exact) mass is 239 g/mol. The molecule has 0 spiro atoms. The molecule has 0 unspecified atom stereocenters. The molecule has 1 saturated heterocycles. The number of carbonyl (C=O) groups excluding carboxylic acids is 1. The van der Waals surface area contributed by atoms with Gasteiger partial charge in [-0.15, -0.1) is 11.3 Å². The number of aliphatic hydroxyl groups is 1. The van der Waals surface area contributed by atoms with Gasteiger partial charge in [-0.3, -0.25) is 4.79 Å². The summed E-state index contributed by atoms with van der Waals surface area (Å²) >= 11 is 1.64. The summed E-state index contributed by atoms with van der Waals surface area (Å²) in [6.45, 7) is 5.40. The number of hydrogen-bond acceptors (Lipinski definition) is 3. The highest BCUT2D eigenvalue weighted by Gasteiger charge is 2.25. The van der Waals surface area contributed by atoms with Gasteiger partial charge < -0.3 is 10.0 Å². The second kappa shape index (κ2) is 4.55. The molecule has 1 N–H and O–H groups in total. The number of nitrogens with zero attached hydrogens (tertiary/aromatic N) is 1. The average molecular weight is 239 g/mol. The molecule has 2 heterocycles. The summed E-state index contributed by atoms with van der Waals surface area (Å²) in [5, 5.41) is 11.3. The fourth-order valence-electron chi connectivity index (χ4n) is 1.88. The van der Waals surface area contributed by atoms with Crippen molar-refractivity contribution in [2.75, 3.05) is 13.1 Å². The molecule has 0 aromatic carbocycles. The van der Waals surface area contributed by atoms with Gasteiger partial charge in [-0.05, 0) is 18.4 Å². The molecule has 4 heteroatoms. The number of rotatable bonds is 2. The molecule has 0 saturated carbocycles. The molecule has 88 valence electrons. The predicted octanol–water partition coefficient (Wildman–Crippen LogP) is 2.08. The lowest BCUT2D eigenvalue weighted by molar-refractivity contribution is 0.0765. The number of β-amino-alcohol motifs (C(OH)–C–C–N with tert-alkyl or cyclic N) is 1. The van der Waals surface area contributed by atoms with E-state index in [1.54, 1.807) is 16.2 Å². The number of thiophene rings is 1. The molecule has 1 atom stereocenters. The predicted molar refractivity (Wildman–Crippen MR) is 64.9 cm³/mol. The fraction of sp³-hybridized carbons (Fsp3) is 0.583. The highest BCUT2D eigenvalue weighted by atomic mass is 32.1. The topological polar surface area (TPSA) is 40.5 Å². The van der Waals surface area contributed by atoms with E-state index in [1.807, 2.05) is 11.4 Å². The number of amides is 1. The standard InChI is InChI=1S/C12H17NO2S/c1-8(2)11-5-9(7-16-11)12(15)13-4-3-10(14)6-13/h5,7-8,10,14H,3-4,6H2,1-2H3/t10-/m1/s1. The van der Waals surface area contributed by atoms with Crippen molar-refractivity contribution in [3.63, 3.8) is 0 Å². The zero-order valence-corrected chi connectivity index (χ0v) is 10.5. The van der Waals surface area contributed by atoms with Gasteiger partial charge in [-0.1, -0.05) is 13.8 Å². The van der Waals surface area contributed by atoms with E-state index in [4.69, 9.17) is 0 Å². The first-order valence-electron chi connectivity index (χ1n) is 5.63. The minimum absolute atomic E-state index is 0.0553.